The van der Waals surface area contributed by atoms with Crippen LogP contribution in [0.5, 0.6) is 0 Å². The maximum atomic E-state index is 2.17. The van der Waals surface area contributed by atoms with Gasteiger partial charge in [0.05, 0.1) is 0 Å². The fraction of sp³-hybridized carbons (Fsp3) is 0.0909. The van der Waals surface area contributed by atoms with Crippen molar-refractivity contribution in [3.8, 4) is 0 Å². The first-order chi connectivity index (χ1) is 6.42. The van der Waals surface area contributed by atoms with Gasteiger partial charge in [-0.3, -0.25) is 0 Å². The van der Waals surface area contributed by atoms with Crippen LogP contribution in [0.25, 0.3) is 10.8 Å². The normalized spacial score (nSPS) is 10.5. The van der Waals surface area contributed by atoms with Crippen LogP contribution in [0.2, 0.25) is 0 Å². The van der Waals surface area contributed by atoms with Crippen molar-refractivity contribution in [2.24, 2.45) is 0 Å². The van der Waals surface area contributed by atoms with Crippen LogP contribution >= 0.6 is 21.6 Å². The van der Waals surface area contributed by atoms with Crippen molar-refractivity contribution in [2.75, 3.05) is 6.26 Å². The summed E-state index contributed by atoms with van der Waals surface area (Å²) in [5.74, 6) is 0. The van der Waals surface area contributed by atoms with Crippen LogP contribution < -0.4 is 0 Å². The maximum absolute atomic E-state index is 2.17. The van der Waals surface area contributed by atoms with Gasteiger partial charge in [0, 0.05) is 4.90 Å². The Bertz CT molecular complexity index is 404. The lowest BCUT2D eigenvalue weighted by Crippen LogP contribution is -1.74. The van der Waals surface area contributed by atoms with E-state index in [1.54, 1.807) is 10.8 Å². The van der Waals surface area contributed by atoms with Crippen LogP contribution in [0.4, 0.5) is 0 Å². The highest BCUT2D eigenvalue weighted by Crippen LogP contribution is 2.33. The molecule has 0 aromatic heterocycles. The lowest BCUT2D eigenvalue weighted by molar-refractivity contribution is 1.56. The van der Waals surface area contributed by atoms with Gasteiger partial charge in [-0.15, -0.1) is 0 Å². The molecule has 0 aliphatic heterocycles. The van der Waals surface area contributed by atoms with E-state index in [4.69, 9.17) is 0 Å². The number of rotatable bonds is 2. The van der Waals surface area contributed by atoms with Crippen molar-refractivity contribution in [1.82, 2.24) is 0 Å². The molecule has 0 unspecified atom stereocenters. The van der Waals surface area contributed by atoms with Crippen molar-refractivity contribution in [2.45, 2.75) is 4.90 Å². The average Bonchev–Trinajstić information content (AvgIpc) is 2.19. The van der Waals surface area contributed by atoms with E-state index in [1.807, 2.05) is 10.8 Å². The molecule has 0 amide bonds. The van der Waals surface area contributed by atoms with Crippen LogP contribution in [0.1, 0.15) is 0 Å². The highest BCUT2D eigenvalue weighted by molar-refractivity contribution is 8.76. The van der Waals surface area contributed by atoms with Gasteiger partial charge in [0.2, 0.25) is 0 Å². The average molecular weight is 206 g/mol. The summed E-state index contributed by atoms with van der Waals surface area (Å²) in [5.41, 5.74) is 0. The summed E-state index contributed by atoms with van der Waals surface area (Å²) in [6.07, 6.45) is 2.10. The quantitative estimate of drug-likeness (QED) is 0.675. The summed E-state index contributed by atoms with van der Waals surface area (Å²) in [4.78, 5) is 1.35. The van der Waals surface area contributed by atoms with E-state index in [1.165, 1.54) is 15.7 Å². The lowest BCUT2D eigenvalue weighted by Gasteiger charge is -2.02. The molecule has 0 saturated carbocycles. The SMILES string of the molecule is CSSc1cccc2ccccc12. The maximum Gasteiger partial charge on any atom is 0.0261 e. The second-order valence-corrected chi connectivity index (χ2v) is 5.17. The molecule has 0 aliphatic carbocycles. The van der Waals surface area contributed by atoms with Crippen LogP contribution in [0, 0.1) is 0 Å². The molecule has 0 bridgehead atoms. The first-order valence-electron chi connectivity index (χ1n) is 4.10. The molecule has 2 heteroatoms. The molecule has 66 valence electrons. The van der Waals surface area contributed by atoms with E-state index in [2.05, 4.69) is 48.7 Å². The summed E-state index contributed by atoms with van der Waals surface area (Å²) in [7, 11) is 3.61. The smallest absolute Gasteiger partial charge is 0.0261 e. The predicted molar refractivity (Wildman–Crippen MR) is 63.3 cm³/mol. The van der Waals surface area contributed by atoms with Crippen molar-refractivity contribution < 1.29 is 0 Å². The van der Waals surface area contributed by atoms with E-state index in [0.29, 0.717) is 0 Å². The van der Waals surface area contributed by atoms with E-state index < -0.39 is 0 Å². The Balaban J connectivity index is 2.61. The Kier molecular flexibility index (Phi) is 2.81. The topological polar surface area (TPSA) is 0 Å². The number of fused-ring (bicyclic) bond motifs is 1. The zero-order valence-electron chi connectivity index (χ0n) is 7.36. The summed E-state index contributed by atoms with van der Waals surface area (Å²) >= 11 is 0. The summed E-state index contributed by atoms with van der Waals surface area (Å²) in [5, 5.41) is 2.67. The monoisotopic (exact) mass is 206 g/mol. The fourth-order valence-electron chi connectivity index (χ4n) is 1.36. The van der Waals surface area contributed by atoms with Crippen LogP contribution in [0.3, 0.4) is 0 Å². The van der Waals surface area contributed by atoms with E-state index >= 15 is 0 Å². The molecule has 2 aromatic rings. The number of benzene rings is 2. The van der Waals surface area contributed by atoms with Gasteiger partial charge in [-0.1, -0.05) is 58.0 Å². The highest BCUT2D eigenvalue weighted by atomic mass is 33.1. The van der Waals surface area contributed by atoms with Gasteiger partial charge in [-0.25, -0.2) is 0 Å². The first-order valence-corrected chi connectivity index (χ1v) is 6.66. The van der Waals surface area contributed by atoms with Gasteiger partial charge in [0.25, 0.3) is 0 Å². The van der Waals surface area contributed by atoms with Gasteiger partial charge in [0.1, 0.15) is 0 Å². The number of hydrogen-bond acceptors (Lipinski definition) is 2. The third kappa shape index (κ3) is 1.84. The summed E-state index contributed by atoms with van der Waals surface area (Å²) in [6, 6.07) is 14.9. The molecule has 0 N–H and O–H groups in total. The Morgan fingerprint density at radius 1 is 0.923 bits per heavy atom. The molecule has 2 rings (SSSR count). The third-order valence-corrected chi connectivity index (χ3v) is 3.66. The molecule has 13 heavy (non-hydrogen) atoms. The van der Waals surface area contributed by atoms with Crippen molar-refractivity contribution in [3.05, 3.63) is 42.5 Å². The molecule has 0 aliphatic rings. The third-order valence-electron chi connectivity index (χ3n) is 1.92. The van der Waals surface area contributed by atoms with Gasteiger partial charge in [-0.2, -0.15) is 0 Å². The summed E-state index contributed by atoms with van der Waals surface area (Å²) in [6.45, 7) is 0. The Hall–Kier alpha value is -0.600. The number of hydrogen-bond donors (Lipinski definition) is 0. The second kappa shape index (κ2) is 4.07. The standard InChI is InChI=1S/C11H10S2/c1-12-13-11-8-4-6-9-5-2-3-7-10(9)11/h2-8H,1H3. The van der Waals surface area contributed by atoms with E-state index in [0.717, 1.165) is 0 Å². The van der Waals surface area contributed by atoms with Crippen molar-refractivity contribution in [1.29, 1.82) is 0 Å². The molecule has 0 fully saturated rings. The van der Waals surface area contributed by atoms with Crippen molar-refractivity contribution >= 4 is 32.4 Å². The minimum atomic E-state index is 1.32. The van der Waals surface area contributed by atoms with Gasteiger partial charge >= 0.3 is 0 Å². The molecule has 0 spiro atoms. The molecule has 0 nitrogen and oxygen atoms in total. The van der Waals surface area contributed by atoms with Gasteiger partial charge in [0.15, 0.2) is 0 Å². The zero-order chi connectivity index (χ0) is 9.10. The zero-order valence-corrected chi connectivity index (χ0v) is 8.99. The van der Waals surface area contributed by atoms with Gasteiger partial charge < -0.3 is 0 Å². The van der Waals surface area contributed by atoms with Crippen LogP contribution in [-0.2, 0) is 0 Å². The second-order valence-electron chi connectivity index (χ2n) is 2.73. The van der Waals surface area contributed by atoms with Gasteiger partial charge in [-0.05, 0) is 23.1 Å². The molecule has 0 radical (unpaired) electrons. The first kappa shape index (κ1) is 8.97. The Morgan fingerprint density at radius 3 is 2.54 bits per heavy atom. The van der Waals surface area contributed by atoms with E-state index in [9.17, 15) is 0 Å². The highest BCUT2D eigenvalue weighted by Gasteiger charge is 1.98. The molecule has 0 atom stereocenters. The molecule has 0 saturated heterocycles. The molecule has 2 aromatic carbocycles. The summed E-state index contributed by atoms with van der Waals surface area (Å²) < 4.78 is 0. The van der Waals surface area contributed by atoms with Crippen LogP contribution in [-0.4, -0.2) is 6.26 Å². The van der Waals surface area contributed by atoms with Crippen molar-refractivity contribution in [3.63, 3.8) is 0 Å². The largest absolute Gasteiger partial charge is 0.0924 e. The fourth-order valence-corrected chi connectivity index (χ4v) is 2.92. The molecular formula is C11H10S2. The lowest BCUT2D eigenvalue weighted by atomic mass is 10.1. The molecular weight excluding hydrogens is 196 g/mol. The Morgan fingerprint density at radius 2 is 1.69 bits per heavy atom. The molecule has 0 heterocycles. The Labute approximate surface area is 86.1 Å². The van der Waals surface area contributed by atoms with E-state index in [-0.39, 0.29) is 0 Å². The predicted octanol–water partition coefficient (Wildman–Crippen LogP) is 4.21. The van der Waals surface area contributed by atoms with Crippen LogP contribution in [0.15, 0.2) is 47.4 Å². The minimum absolute atomic E-state index is 1.32. The minimum Gasteiger partial charge on any atom is -0.0924 e.